The van der Waals surface area contributed by atoms with Crippen LogP contribution in [0.4, 0.5) is 5.82 Å². The van der Waals surface area contributed by atoms with Crippen molar-refractivity contribution in [2.24, 2.45) is 0 Å². The van der Waals surface area contributed by atoms with E-state index in [1.54, 1.807) is 0 Å². The number of hydrogen-bond acceptors (Lipinski definition) is 3. The SMILES string of the molecule is Cc1cc(Br)cnc1NCC1(N(C)C)CCC1. The van der Waals surface area contributed by atoms with E-state index >= 15 is 0 Å². The fraction of sp³-hybridized carbons (Fsp3) is 0.615. The number of halogens is 1. The molecule has 1 aliphatic rings. The molecule has 1 aliphatic carbocycles. The predicted octanol–water partition coefficient (Wildman–Crippen LogP) is 3.05. The average Bonchev–Trinajstić information content (AvgIpc) is 2.18. The van der Waals surface area contributed by atoms with Crippen LogP contribution in [0.2, 0.25) is 0 Å². The molecule has 0 aromatic carbocycles. The van der Waals surface area contributed by atoms with E-state index in [1.807, 2.05) is 6.20 Å². The zero-order valence-electron chi connectivity index (χ0n) is 10.8. The number of anilines is 1. The Labute approximate surface area is 112 Å². The van der Waals surface area contributed by atoms with Gasteiger partial charge in [0.2, 0.25) is 0 Å². The number of pyridine rings is 1. The summed E-state index contributed by atoms with van der Waals surface area (Å²) in [6.07, 6.45) is 5.75. The van der Waals surface area contributed by atoms with Gasteiger partial charge in [0.05, 0.1) is 0 Å². The number of likely N-dealkylation sites (N-methyl/N-ethyl adjacent to an activating group) is 1. The van der Waals surface area contributed by atoms with Crippen LogP contribution in [0.3, 0.4) is 0 Å². The van der Waals surface area contributed by atoms with E-state index in [2.05, 4.69) is 58.2 Å². The first-order valence-electron chi connectivity index (χ1n) is 6.07. The molecule has 4 heteroatoms. The van der Waals surface area contributed by atoms with Crippen LogP contribution in [0.1, 0.15) is 24.8 Å². The summed E-state index contributed by atoms with van der Waals surface area (Å²) in [5.41, 5.74) is 1.52. The molecule has 0 atom stereocenters. The van der Waals surface area contributed by atoms with Gasteiger partial charge in [-0.2, -0.15) is 0 Å². The van der Waals surface area contributed by atoms with Crippen LogP contribution in [0.25, 0.3) is 0 Å². The van der Waals surface area contributed by atoms with Gasteiger partial charge in [-0.3, -0.25) is 0 Å². The molecule has 17 heavy (non-hydrogen) atoms. The number of rotatable bonds is 4. The molecule has 0 aliphatic heterocycles. The fourth-order valence-electron chi connectivity index (χ4n) is 2.34. The van der Waals surface area contributed by atoms with Crippen LogP contribution in [-0.2, 0) is 0 Å². The normalized spacial score (nSPS) is 17.9. The van der Waals surface area contributed by atoms with E-state index < -0.39 is 0 Å². The Bertz CT molecular complexity index is 400. The van der Waals surface area contributed by atoms with Crippen molar-refractivity contribution in [1.29, 1.82) is 0 Å². The van der Waals surface area contributed by atoms with Gasteiger partial charge in [-0.25, -0.2) is 4.98 Å². The van der Waals surface area contributed by atoms with Gasteiger partial charge < -0.3 is 10.2 Å². The maximum absolute atomic E-state index is 4.42. The van der Waals surface area contributed by atoms with Crippen LogP contribution in [-0.4, -0.2) is 36.1 Å². The maximum atomic E-state index is 4.42. The lowest BCUT2D eigenvalue weighted by Gasteiger charge is -2.47. The zero-order valence-corrected chi connectivity index (χ0v) is 12.3. The Hall–Kier alpha value is -0.610. The molecule has 1 aromatic rings. The summed E-state index contributed by atoms with van der Waals surface area (Å²) in [6.45, 7) is 3.07. The molecule has 94 valence electrons. The van der Waals surface area contributed by atoms with Crippen molar-refractivity contribution in [3.05, 3.63) is 22.3 Å². The van der Waals surface area contributed by atoms with Crippen molar-refractivity contribution >= 4 is 21.7 Å². The highest BCUT2D eigenvalue weighted by atomic mass is 79.9. The lowest BCUT2D eigenvalue weighted by Crippen LogP contribution is -2.54. The third-order valence-electron chi connectivity index (χ3n) is 3.86. The molecule has 1 saturated carbocycles. The Balaban J connectivity index is 2.02. The second-order valence-corrected chi connectivity index (χ2v) is 6.06. The molecule has 1 fully saturated rings. The minimum Gasteiger partial charge on any atom is -0.368 e. The topological polar surface area (TPSA) is 28.2 Å². The van der Waals surface area contributed by atoms with E-state index in [0.717, 1.165) is 16.8 Å². The number of aromatic nitrogens is 1. The molecule has 1 heterocycles. The lowest BCUT2D eigenvalue weighted by molar-refractivity contribution is 0.0738. The van der Waals surface area contributed by atoms with Gasteiger partial charge >= 0.3 is 0 Å². The van der Waals surface area contributed by atoms with E-state index in [1.165, 1.54) is 24.8 Å². The second kappa shape index (κ2) is 4.94. The molecule has 0 saturated heterocycles. The van der Waals surface area contributed by atoms with Crippen molar-refractivity contribution in [3.8, 4) is 0 Å². The van der Waals surface area contributed by atoms with Crippen molar-refractivity contribution in [3.63, 3.8) is 0 Å². The van der Waals surface area contributed by atoms with Crippen molar-refractivity contribution in [2.45, 2.75) is 31.7 Å². The summed E-state index contributed by atoms with van der Waals surface area (Å²) in [5, 5.41) is 3.49. The predicted molar refractivity (Wildman–Crippen MR) is 75.4 cm³/mol. The Morgan fingerprint density at radius 1 is 1.47 bits per heavy atom. The fourth-order valence-corrected chi connectivity index (χ4v) is 2.79. The molecule has 2 rings (SSSR count). The molecule has 1 aromatic heterocycles. The number of hydrogen-bond donors (Lipinski definition) is 1. The van der Waals surface area contributed by atoms with Crippen LogP contribution in [0.15, 0.2) is 16.7 Å². The molecule has 0 bridgehead atoms. The van der Waals surface area contributed by atoms with Crippen LogP contribution < -0.4 is 5.32 Å². The number of nitrogens with one attached hydrogen (secondary N) is 1. The largest absolute Gasteiger partial charge is 0.368 e. The molecule has 1 N–H and O–H groups in total. The molecular formula is C13H20BrN3. The van der Waals surface area contributed by atoms with Gasteiger partial charge in [-0.15, -0.1) is 0 Å². The summed E-state index contributed by atoms with van der Waals surface area (Å²) in [5.74, 6) is 1.00. The highest BCUT2D eigenvalue weighted by molar-refractivity contribution is 9.10. The Morgan fingerprint density at radius 3 is 2.65 bits per heavy atom. The third kappa shape index (κ3) is 2.63. The Morgan fingerprint density at radius 2 is 2.18 bits per heavy atom. The average molecular weight is 298 g/mol. The van der Waals surface area contributed by atoms with Crippen LogP contribution >= 0.6 is 15.9 Å². The quantitative estimate of drug-likeness (QED) is 0.926. The molecule has 0 unspecified atom stereocenters. The van der Waals surface area contributed by atoms with Crippen molar-refractivity contribution in [2.75, 3.05) is 26.0 Å². The van der Waals surface area contributed by atoms with Crippen molar-refractivity contribution < 1.29 is 0 Å². The van der Waals surface area contributed by atoms with Gasteiger partial charge in [0.25, 0.3) is 0 Å². The minimum atomic E-state index is 0.335. The molecule has 0 spiro atoms. The van der Waals surface area contributed by atoms with E-state index in [0.29, 0.717) is 5.54 Å². The molecule has 3 nitrogen and oxygen atoms in total. The van der Waals surface area contributed by atoms with E-state index in [-0.39, 0.29) is 0 Å². The first-order valence-corrected chi connectivity index (χ1v) is 6.86. The lowest BCUT2D eigenvalue weighted by atomic mass is 9.75. The third-order valence-corrected chi connectivity index (χ3v) is 4.30. The first kappa shape index (κ1) is 12.8. The highest BCUT2D eigenvalue weighted by Gasteiger charge is 2.38. The second-order valence-electron chi connectivity index (χ2n) is 5.14. The van der Waals surface area contributed by atoms with Gasteiger partial charge in [-0.1, -0.05) is 0 Å². The highest BCUT2D eigenvalue weighted by Crippen LogP contribution is 2.36. The van der Waals surface area contributed by atoms with Gasteiger partial charge in [0.15, 0.2) is 0 Å². The summed E-state index contributed by atoms with van der Waals surface area (Å²) in [6, 6.07) is 2.10. The summed E-state index contributed by atoms with van der Waals surface area (Å²) >= 11 is 3.44. The summed E-state index contributed by atoms with van der Waals surface area (Å²) in [7, 11) is 4.34. The smallest absolute Gasteiger partial charge is 0.128 e. The Kier molecular flexibility index (Phi) is 3.73. The standard InChI is InChI=1S/C13H20BrN3/c1-10-7-11(14)8-15-12(10)16-9-13(17(2)3)5-4-6-13/h7-8H,4-6,9H2,1-3H3,(H,15,16). The number of aryl methyl sites for hydroxylation is 1. The van der Waals surface area contributed by atoms with Crippen molar-refractivity contribution in [1.82, 2.24) is 9.88 Å². The summed E-state index contributed by atoms with van der Waals surface area (Å²) < 4.78 is 1.03. The number of nitrogens with zero attached hydrogens (tertiary/aromatic N) is 2. The molecular weight excluding hydrogens is 278 g/mol. The van der Waals surface area contributed by atoms with Gasteiger partial charge in [-0.05, 0) is 67.8 Å². The maximum Gasteiger partial charge on any atom is 0.128 e. The van der Waals surface area contributed by atoms with E-state index in [9.17, 15) is 0 Å². The summed E-state index contributed by atoms with van der Waals surface area (Å²) in [4.78, 5) is 6.77. The molecule has 0 amide bonds. The monoisotopic (exact) mass is 297 g/mol. The van der Waals surface area contributed by atoms with Gasteiger partial charge in [0, 0.05) is 22.8 Å². The van der Waals surface area contributed by atoms with Crippen LogP contribution in [0, 0.1) is 6.92 Å². The van der Waals surface area contributed by atoms with Gasteiger partial charge in [0.1, 0.15) is 5.82 Å². The van der Waals surface area contributed by atoms with E-state index in [4.69, 9.17) is 0 Å². The zero-order chi connectivity index (χ0) is 12.5. The van der Waals surface area contributed by atoms with Crippen LogP contribution in [0.5, 0.6) is 0 Å². The minimum absolute atomic E-state index is 0.335. The first-order chi connectivity index (χ1) is 8.03. The molecule has 0 radical (unpaired) electrons.